The smallest absolute Gasteiger partial charge is 0.480 e. The number of hydrogen-bond donors (Lipinski definition) is 3. The van der Waals surface area contributed by atoms with Crippen molar-refractivity contribution in [1.29, 1.82) is 5.41 Å². The predicted octanol–water partition coefficient (Wildman–Crippen LogP) is 5.25. The number of carbonyl (C=O) groups excluding carboxylic acids is 2. The second-order valence-electron chi connectivity index (χ2n) is 10.7. The van der Waals surface area contributed by atoms with Gasteiger partial charge in [0, 0.05) is 13.5 Å². The van der Waals surface area contributed by atoms with Gasteiger partial charge in [-0.15, -0.1) is 0 Å². The molecule has 246 valence electrons. The van der Waals surface area contributed by atoms with Crippen LogP contribution in [-0.2, 0) is 43.8 Å². The van der Waals surface area contributed by atoms with Crippen molar-refractivity contribution in [2.45, 2.75) is 88.9 Å². The highest BCUT2D eigenvalue weighted by Gasteiger charge is 2.32. The topological polar surface area (TPSA) is 183 Å². The molecule has 2 aliphatic carbocycles. The summed E-state index contributed by atoms with van der Waals surface area (Å²) in [5.41, 5.74) is 0.727. The third kappa shape index (κ3) is 12.7. The predicted molar refractivity (Wildman–Crippen MR) is 158 cm³/mol. The largest absolute Gasteiger partial charge is 0.508 e. The lowest BCUT2D eigenvalue weighted by atomic mass is 9.98. The van der Waals surface area contributed by atoms with Crippen LogP contribution in [0.5, 0.6) is 0 Å². The molecule has 0 amide bonds. The van der Waals surface area contributed by atoms with Crippen LogP contribution in [0.25, 0.3) is 0 Å². The van der Waals surface area contributed by atoms with Gasteiger partial charge in [-0.1, -0.05) is 43.2 Å². The van der Waals surface area contributed by atoms with E-state index in [-0.39, 0.29) is 31.8 Å². The van der Waals surface area contributed by atoms with Gasteiger partial charge in [0.2, 0.25) is 5.96 Å². The number of benzene rings is 1. The molecule has 3 N–H and O–H groups in total. The summed E-state index contributed by atoms with van der Waals surface area (Å²) in [6, 6.07) is 7.69. The molecule has 0 aromatic heterocycles. The molecule has 15 heteroatoms. The summed E-state index contributed by atoms with van der Waals surface area (Å²) in [6.07, 6.45) is 7.11. The van der Waals surface area contributed by atoms with Crippen molar-refractivity contribution in [3.05, 3.63) is 35.9 Å². The molecule has 0 radical (unpaired) electrons. The second-order valence-corrected chi connectivity index (χ2v) is 12.5. The zero-order valence-electron chi connectivity index (χ0n) is 25.1. The van der Waals surface area contributed by atoms with Crippen molar-refractivity contribution >= 4 is 32.0 Å². The Morgan fingerprint density at radius 2 is 1.34 bits per heavy atom. The van der Waals surface area contributed by atoms with Gasteiger partial charge in [0.25, 0.3) is 0 Å². The summed E-state index contributed by atoms with van der Waals surface area (Å²) >= 11 is 0. The highest BCUT2D eigenvalue weighted by atomic mass is 31.2. The van der Waals surface area contributed by atoms with Crippen LogP contribution in [0.1, 0.15) is 69.8 Å². The normalized spacial score (nSPS) is 16.8. The average molecular weight is 642 g/mol. The van der Waals surface area contributed by atoms with Crippen molar-refractivity contribution in [3.63, 3.8) is 0 Å². The summed E-state index contributed by atoms with van der Waals surface area (Å²) < 4.78 is 45.0. The van der Waals surface area contributed by atoms with Crippen molar-refractivity contribution in [2.24, 2.45) is 0 Å². The Hall–Kier alpha value is -3.35. The number of aliphatic carboxylic acids is 1. The van der Waals surface area contributed by atoms with E-state index in [9.17, 15) is 24.1 Å². The lowest BCUT2D eigenvalue weighted by molar-refractivity contribution is -0.141. The molecule has 3 rings (SSSR count). The van der Waals surface area contributed by atoms with Gasteiger partial charge in [0.05, 0.1) is 13.2 Å². The van der Waals surface area contributed by atoms with Gasteiger partial charge >= 0.3 is 26.0 Å². The van der Waals surface area contributed by atoms with E-state index in [1.807, 2.05) is 0 Å². The fraction of sp³-hybridized carbons (Fsp3) is 0.655. The first-order chi connectivity index (χ1) is 21.1. The molecule has 0 heterocycles. The number of hydrogen-bond acceptors (Lipinski definition) is 11. The molecule has 2 fully saturated rings. The summed E-state index contributed by atoms with van der Waals surface area (Å²) in [5.74, 6) is -1.75. The quantitative estimate of drug-likeness (QED) is 0.0743. The maximum Gasteiger partial charge on any atom is 0.508 e. The summed E-state index contributed by atoms with van der Waals surface area (Å²) in [7, 11) is -2.99. The molecule has 14 nitrogen and oxygen atoms in total. The number of ether oxygens (including phenoxy) is 4. The van der Waals surface area contributed by atoms with Crippen LogP contribution in [0, 0.1) is 5.41 Å². The minimum atomic E-state index is -4.34. The van der Waals surface area contributed by atoms with Crippen LogP contribution >= 0.6 is 7.75 Å². The van der Waals surface area contributed by atoms with Crippen LogP contribution in [0.2, 0.25) is 0 Å². The summed E-state index contributed by atoms with van der Waals surface area (Å²) in [5, 5.41) is 20.6. The Labute approximate surface area is 257 Å². The first-order valence-electron chi connectivity index (χ1n) is 15.1. The number of carboxylic acids is 1. The number of rotatable bonds is 15. The van der Waals surface area contributed by atoms with E-state index in [2.05, 4.69) is 5.09 Å². The molecule has 1 unspecified atom stereocenters. The Bertz CT molecular complexity index is 1070. The molecule has 0 spiro atoms. The van der Waals surface area contributed by atoms with Crippen LogP contribution in [0.15, 0.2) is 30.3 Å². The molecule has 1 atom stereocenters. The van der Waals surface area contributed by atoms with Crippen molar-refractivity contribution < 1.29 is 52.1 Å². The van der Waals surface area contributed by atoms with E-state index in [0.29, 0.717) is 0 Å². The third-order valence-electron chi connectivity index (χ3n) is 7.38. The van der Waals surface area contributed by atoms with E-state index in [0.717, 1.165) is 74.7 Å². The molecular formula is C29H44N3O11P. The zero-order valence-corrected chi connectivity index (χ0v) is 26.0. The van der Waals surface area contributed by atoms with Crippen LogP contribution < -0.4 is 5.09 Å². The highest BCUT2D eigenvalue weighted by Crippen LogP contribution is 2.43. The van der Waals surface area contributed by atoms with Gasteiger partial charge in [0.1, 0.15) is 31.5 Å². The first kappa shape index (κ1) is 35.1. The molecule has 44 heavy (non-hydrogen) atoms. The van der Waals surface area contributed by atoms with Crippen molar-refractivity contribution in [2.75, 3.05) is 33.5 Å². The van der Waals surface area contributed by atoms with Gasteiger partial charge in [-0.25, -0.2) is 18.9 Å². The van der Waals surface area contributed by atoms with Crippen LogP contribution in [0.3, 0.4) is 0 Å². The Morgan fingerprint density at radius 1 is 0.864 bits per heavy atom. The molecule has 2 saturated carbocycles. The van der Waals surface area contributed by atoms with E-state index >= 15 is 0 Å². The van der Waals surface area contributed by atoms with E-state index in [4.69, 9.17) is 33.4 Å². The van der Waals surface area contributed by atoms with Gasteiger partial charge in [-0.3, -0.25) is 19.5 Å². The number of likely N-dealkylation sites (N-methyl/N-ethyl adjacent to an activating group) is 1. The van der Waals surface area contributed by atoms with Gasteiger partial charge < -0.3 is 29.0 Å². The Kier molecular flexibility index (Phi) is 14.7. The summed E-state index contributed by atoms with van der Waals surface area (Å²) in [6.45, 7) is -1.42. The molecule has 1 aromatic rings. The van der Waals surface area contributed by atoms with E-state index < -0.39 is 51.2 Å². The maximum atomic E-state index is 13.6. The summed E-state index contributed by atoms with van der Waals surface area (Å²) in [4.78, 5) is 37.2. The van der Waals surface area contributed by atoms with Gasteiger partial charge in [-0.2, -0.15) is 0 Å². The molecule has 0 saturated heterocycles. The molecule has 2 aliphatic rings. The zero-order chi connectivity index (χ0) is 31.8. The highest BCUT2D eigenvalue weighted by molar-refractivity contribution is 7.52. The van der Waals surface area contributed by atoms with E-state index in [1.165, 1.54) is 7.05 Å². The van der Waals surface area contributed by atoms with Crippen molar-refractivity contribution in [3.8, 4) is 0 Å². The lowest BCUT2D eigenvalue weighted by Gasteiger charge is -2.29. The number of carboxylic acid groups (broad SMARTS) is 1. The van der Waals surface area contributed by atoms with Gasteiger partial charge in [0.15, 0.2) is 0 Å². The Morgan fingerprint density at radius 3 is 1.80 bits per heavy atom. The van der Waals surface area contributed by atoms with Crippen molar-refractivity contribution in [1.82, 2.24) is 9.99 Å². The second kappa shape index (κ2) is 18.5. The number of guanidine groups is 1. The third-order valence-corrected chi connectivity index (χ3v) is 8.91. The minimum Gasteiger partial charge on any atom is -0.480 e. The molecule has 0 aliphatic heterocycles. The molecular weight excluding hydrogens is 597 g/mol. The van der Waals surface area contributed by atoms with E-state index in [1.54, 1.807) is 30.3 Å². The number of nitrogens with zero attached hydrogens (tertiary/aromatic N) is 1. The Balaban J connectivity index is 1.54. The number of carbonyl (C=O) groups is 3. The molecule has 1 aromatic carbocycles. The SMILES string of the molecule is CN(C(=N)NP(=O)(OCCOC(=O)OC1CCCCC1)OCCOC(=O)OC1CCCCC1)C(Cc1ccccc1)C(=O)O. The first-order valence-corrected chi connectivity index (χ1v) is 16.6. The standard InChI is InChI=1S/C29H44N3O11P/c1-32(25(26(33)34)21-22-11-5-2-6-12-22)27(30)31-44(37,40-19-17-38-28(35)42-23-13-7-3-8-14-23)41-20-18-39-29(36)43-24-15-9-4-10-16-24/h2,5-6,11-12,23-25H,3-4,7-10,13-21H2,1H3,(H,33,34)(H2,30,31,37). The lowest BCUT2D eigenvalue weighted by Crippen LogP contribution is -2.48. The monoisotopic (exact) mass is 641 g/mol. The fourth-order valence-electron chi connectivity index (χ4n) is 4.96. The average Bonchev–Trinajstić information content (AvgIpc) is 3.01. The maximum absolute atomic E-state index is 13.6. The van der Waals surface area contributed by atoms with Crippen LogP contribution in [-0.4, -0.2) is 86.0 Å². The molecule has 0 bridgehead atoms. The minimum absolute atomic E-state index is 0.0661. The van der Waals surface area contributed by atoms with Crippen LogP contribution in [0.4, 0.5) is 9.59 Å². The fourth-order valence-corrected chi connectivity index (χ4v) is 6.22. The van der Waals surface area contributed by atoms with Gasteiger partial charge in [-0.05, 0) is 56.9 Å². The number of nitrogens with one attached hydrogen (secondary N) is 2.